The predicted molar refractivity (Wildman–Crippen MR) is 74.2 cm³/mol. The molecule has 112 valence electrons. The van der Waals surface area contributed by atoms with Gasteiger partial charge < -0.3 is 10.5 Å². The van der Waals surface area contributed by atoms with Crippen LogP contribution < -0.4 is 5.73 Å². The standard InChI is InChI=1S/C13H19FN2O3S/c1-2-19-10-6-8-16(9-7-10)20(17,18)13-11(14)4-3-5-12(13)15/h3-5,10H,2,6-9,15H2,1H3. The highest BCUT2D eigenvalue weighted by Crippen LogP contribution is 2.27. The van der Waals surface area contributed by atoms with Crippen LogP contribution in [-0.4, -0.2) is 38.5 Å². The van der Waals surface area contributed by atoms with Crippen molar-refractivity contribution in [3.63, 3.8) is 0 Å². The number of hydrogen-bond donors (Lipinski definition) is 1. The Labute approximate surface area is 118 Å². The molecule has 20 heavy (non-hydrogen) atoms. The molecular weight excluding hydrogens is 283 g/mol. The van der Waals surface area contributed by atoms with Crippen LogP contribution in [0.4, 0.5) is 10.1 Å². The van der Waals surface area contributed by atoms with E-state index in [0.717, 1.165) is 6.07 Å². The third kappa shape index (κ3) is 2.94. The second kappa shape index (κ2) is 6.07. The van der Waals surface area contributed by atoms with Gasteiger partial charge in [-0.25, -0.2) is 12.8 Å². The van der Waals surface area contributed by atoms with Gasteiger partial charge in [0.25, 0.3) is 0 Å². The quantitative estimate of drug-likeness (QED) is 0.857. The second-order valence-corrected chi connectivity index (χ2v) is 6.59. The zero-order valence-electron chi connectivity index (χ0n) is 11.4. The van der Waals surface area contributed by atoms with Gasteiger partial charge in [0.1, 0.15) is 10.7 Å². The maximum Gasteiger partial charge on any atom is 0.248 e. The summed E-state index contributed by atoms with van der Waals surface area (Å²) in [5, 5.41) is 0. The van der Waals surface area contributed by atoms with E-state index in [1.165, 1.54) is 16.4 Å². The Hall–Kier alpha value is -1.18. The topological polar surface area (TPSA) is 72.6 Å². The van der Waals surface area contributed by atoms with Crippen LogP contribution in [0.1, 0.15) is 19.8 Å². The van der Waals surface area contributed by atoms with Crippen molar-refractivity contribution in [3.05, 3.63) is 24.0 Å². The molecule has 5 nitrogen and oxygen atoms in total. The zero-order chi connectivity index (χ0) is 14.8. The molecule has 0 saturated carbocycles. The molecule has 2 rings (SSSR count). The fraction of sp³-hybridized carbons (Fsp3) is 0.538. The van der Waals surface area contributed by atoms with Gasteiger partial charge in [0.05, 0.1) is 11.8 Å². The number of nitrogen functional groups attached to an aromatic ring is 1. The number of halogens is 1. The molecule has 0 spiro atoms. The van der Waals surface area contributed by atoms with Gasteiger partial charge in [0.15, 0.2) is 0 Å². The lowest BCUT2D eigenvalue weighted by Gasteiger charge is -2.31. The molecule has 0 bridgehead atoms. The van der Waals surface area contributed by atoms with Crippen LogP contribution in [0.15, 0.2) is 23.1 Å². The average Bonchev–Trinajstić information content (AvgIpc) is 2.39. The lowest BCUT2D eigenvalue weighted by molar-refractivity contribution is 0.0290. The molecule has 0 aromatic heterocycles. The molecule has 1 heterocycles. The number of hydrogen-bond acceptors (Lipinski definition) is 4. The largest absolute Gasteiger partial charge is 0.398 e. The van der Waals surface area contributed by atoms with Crippen LogP contribution in [0.2, 0.25) is 0 Å². The minimum Gasteiger partial charge on any atom is -0.398 e. The highest BCUT2D eigenvalue weighted by Gasteiger charge is 2.32. The van der Waals surface area contributed by atoms with E-state index in [0.29, 0.717) is 32.5 Å². The van der Waals surface area contributed by atoms with E-state index in [9.17, 15) is 12.8 Å². The first-order chi connectivity index (χ1) is 9.46. The van der Waals surface area contributed by atoms with E-state index in [1.807, 2.05) is 6.92 Å². The van der Waals surface area contributed by atoms with Crippen LogP contribution in [-0.2, 0) is 14.8 Å². The van der Waals surface area contributed by atoms with E-state index >= 15 is 0 Å². The molecule has 0 atom stereocenters. The number of nitrogens with two attached hydrogens (primary N) is 1. The highest BCUT2D eigenvalue weighted by molar-refractivity contribution is 7.89. The van der Waals surface area contributed by atoms with Crippen molar-refractivity contribution in [2.75, 3.05) is 25.4 Å². The van der Waals surface area contributed by atoms with Crippen molar-refractivity contribution in [3.8, 4) is 0 Å². The Morgan fingerprint density at radius 2 is 2.05 bits per heavy atom. The fourth-order valence-electron chi connectivity index (χ4n) is 2.40. The van der Waals surface area contributed by atoms with Gasteiger partial charge in [-0.1, -0.05) is 6.07 Å². The van der Waals surface area contributed by atoms with Gasteiger partial charge in [-0.05, 0) is 31.9 Å². The Kier molecular flexibility index (Phi) is 4.62. The molecule has 1 aromatic rings. The van der Waals surface area contributed by atoms with E-state index < -0.39 is 20.7 Å². The maximum atomic E-state index is 13.8. The van der Waals surface area contributed by atoms with Crippen LogP contribution in [0.3, 0.4) is 0 Å². The molecule has 1 aromatic carbocycles. The zero-order valence-corrected chi connectivity index (χ0v) is 12.2. The summed E-state index contributed by atoms with van der Waals surface area (Å²) in [6.07, 6.45) is 1.30. The van der Waals surface area contributed by atoms with Crippen molar-refractivity contribution < 1.29 is 17.5 Å². The first-order valence-corrected chi connectivity index (χ1v) is 8.06. The molecular formula is C13H19FN2O3S. The van der Waals surface area contributed by atoms with Crippen molar-refractivity contribution in [1.82, 2.24) is 4.31 Å². The summed E-state index contributed by atoms with van der Waals surface area (Å²) in [6.45, 7) is 3.16. The molecule has 1 aliphatic heterocycles. The summed E-state index contributed by atoms with van der Waals surface area (Å²) in [5.74, 6) is -0.808. The highest BCUT2D eigenvalue weighted by atomic mass is 32.2. The van der Waals surface area contributed by atoms with E-state index in [1.54, 1.807) is 0 Å². The summed E-state index contributed by atoms with van der Waals surface area (Å²) in [4.78, 5) is -0.421. The Morgan fingerprint density at radius 1 is 1.40 bits per heavy atom. The van der Waals surface area contributed by atoms with Crippen molar-refractivity contribution in [2.24, 2.45) is 0 Å². The number of sulfonamides is 1. The number of piperidine rings is 1. The maximum absolute atomic E-state index is 13.8. The van der Waals surface area contributed by atoms with Gasteiger partial charge >= 0.3 is 0 Å². The Balaban J connectivity index is 2.20. The molecule has 1 saturated heterocycles. The number of nitrogens with zero attached hydrogens (tertiary/aromatic N) is 1. The van der Waals surface area contributed by atoms with Crippen molar-refractivity contribution in [1.29, 1.82) is 0 Å². The Bertz CT molecular complexity index is 549. The summed E-state index contributed by atoms with van der Waals surface area (Å²) in [6, 6.07) is 3.89. The lowest BCUT2D eigenvalue weighted by atomic mass is 10.1. The smallest absolute Gasteiger partial charge is 0.248 e. The monoisotopic (exact) mass is 302 g/mol. The third-order valence-corrected chi connectivity index (χ3v) is 5.39. The summed E-state index contributed by atoms with van der Waals surface area (Å²) in [5.41, 5.74) is 5.56. The summed E-state index contributed by atoms with van der Waals surface area (Å²) in [7, 11) is -3.88. The molecule has 1 fully saturated rings. The van der Waals surface area contributed by atoms with E-state index in [-0.39, 0.29) is 11.8 Å². The molecule has 7 heteroatoms. The fourth-order valence-corrected chi connectivity index (χ4v) is 4.03. The molecule has 0 amide bonds. The number of ether oxygens (including phenoxy) is 1. The number of benzene rings is 1. The van der Waals surface area contributed by atoms with Crippen molar-refractivity contribution >= 4 is 15.7 Å². The van der Waals surface area contributed by atoms with E-state index in [4.69, 9.17) is 10.5 Å². The molecule has 2 N–H and O–H groups in total. The van der Waals surface area contributed by atoms with Crippen molar-refractivity contribution in [2.45, 2.75) is 30.8 Å². The summed E-state index contributed by atoms with van der Waals surface area (Å²) < 4.78 is 45.5. The van der Waals surface area contributed by atoms with Gasteiger partial charge in [0, 0.05) is 19.7 Å². The molecule has 0 unspecified atom stereocenters. The van der Waals surface area contributed by atoms with Gasteiger partial charge in [-0.15, -0.1) is 0 Å². The first-order valence-electron chi connectivity index (χ1n) is 6.62. The average molecular weight is 302 g/mol. The van der Waals surface area contributed by atoms with Crippen LogP contribution in [0.5, 0.6) is 0 Å². The molecule has 1 aliphatic rings. The first kappa shape index (κ1) is 15.2. The normalized spacial score (nSPS) is 18.3. The van der Waals surface area contributed by atoms with Crippen LogP contribution >= 0.6 is 0 Å². The minimum absolute atomic E-state index is 0.0584. The second-order valence-electron chi connectivity index (χ2n) is 4.72. The lowest BCUT2D eigenvalue weighted by Crippen LogP contribution is -2.41. The third-order valence-electron chi connectivity index (χ3n) is 3.40. The van der Waals surface area contributed by atoms with Gasteiger partial charge in [-0.3, -0.25) is 0 Å². The molecule has 0 aliphatic carbocycles. The van der Waals surface area contributed by atoms with Gasteiger partial charge in [0.2, 0.25) is 10.0 Å². The van der Waals surface area contributed by atoms with Crippen LogP contribution in [0.25, 0.3) is 0 Å². The number of anilines is 1. The minimum atomic E-state index is -3.88. The van der Waals surface area contributed by atoms with E-state index in [2.05, 4.69) is 0 Å². The molecule has 0 radical (unpaired) electrons. The predicted octanol–water partition coefficient (Wildman–Crippen LogP) is 1.60. The van der Waals surface area contributed by atoms with Crippen LogP contribution in [0, 0.1) is 5.82 Å². The van der Waals surface area contributed by atoms with Gasteiger partial charge in [-0.2, -0.15) is 4.31 Å². The Morgan fingerprint density at radius 3 is 2.60 bits per heavy atom. The SMILES string of the molecule is CCOC1CCN(S(=O)(=O)c2c(N)cccc2F)CC1. The summed E-state index contributed by atoms with van der Waals surface area (Å²) >= 11 is 0. The number of rotatable bonds is 4.